The number of carboxylic acids is 1. The van der Waals surface area contributed by atoms with Crippen molar-refractivity contribution < 1.29 is 24.1 Å². The summed E-state index contributed by atoms with van der Waals surface area (Å²) in [5, 5.41) is 15.1. The van der Waals surface area contributed by atoms with Crippen LogP contribution in [0.25, 0.3) is 22.6 Å². The molecule has 1 heterocycles. The van der Waals surface area contributed by atoms with Gasteiger partial charge in [-0.1, -0.05) is 83.0 Å². The number of aromatic nitrogens is 1. The van der Waals surface area contributed by atoms with Crippen LogP contribution in [0.1, 0.15) is 22.8 Å². The normalized spacial score (nSPS) is 10.7. The third-order valence-corrected chi connectivity index (χ3v) is 5.67. The number of halogens is 2. The van der Waals surface area contributed by atoms with E-state index in [4.69, 9.17) is 37.7 Å². The average Bonchev–Trinajstić information content (AvgIpc) is 3.29. The Morgan fingerprint density at radius 3 is 2.34 bits per heavy atom. The molecule has 0 aliphatic carbocycles. The first-order valence-electron chi connectivity index (χ1n) is 10.7. The molecule has 1 N–H and O–H groups in total. The molecular weight excluding hydrogens is 491 g/mol. The fourth-order valence-electron chi connectivity index (χ4n) is 3.47. The van der Waals surface area contributed by atoms with Gasteiger partial charge in [0, 0.05) is 16.1 Å². The lowest BCUT2D eigenvalue weighted by molar-refractivity contribution is -0.136. The van der Waals surface area contributed by atoms with E-state index >= 15 is 0 Å². The van der Waals surface area contributed by atoms with Crippen LogP contribution >= 0.6 is 23.2 Å². The van der Waals surface area contributed by atoms with Crippen molar-refractivity contribution in [1.29, 1.82) is 0 Å². The Morgan fingerprint density at radius 1 is 1.00 bits per heavy atom. The Labute approximate surface area is 211 Å². The van der Waals surface area contributed by atoms with Gasteiger partial charge in [-0.15, -0.1) is 0 Å². The van der Waals surface area contributed by atoms with Crippen molar-refractivity contribution in [3.63, 3.8) is 0 Å². The summed E-state index contributed by atoms with van der Waals surface area (Å²) in [6.45, 7) is 1.96. The van der Waals surface area contributed by atoms with E-state index in [1.54, 1.807) is 43.3 Å². The summed E-state index contributed by atoms with van der Waals surface area (Å²) in [4.78, 5) is 30.6. The molecule has 1 aromatic heterocycles. The van der Waals surface area contributed by atoms with E-state index in [-0.39, 0.29) is 35.1 Å². The Balaban J connectivity index is 1.76. The van der Waals surface area contributed by atoms with Crippen molar-refractivity contribution in [3.05, 3.63) is 94.0 Å². The molecule has 4 rings (SSSR count). The first-order chi connectivity index (χ1) is 16.9. The molecule has 0 fully saturated rings. The highest BCUT2D eigenvalue weighted by molar-refractivity contribution is 6.35. The molecule has 178 valence electrons. The average molecular weight is 511 g/mol. The number of carbonyl (C=O) groups is 2. The number of aliphatic carboxylic acids is 1. The van der Waals surface area contributed by atoms with Crippen LogP contribution in [0.4, 0.5) is 0 Å². The van der Waals surface area contributed by atoms with Crippen molar-refractivity contribution >= 4 is 35.1 Å². The first kappa shape index (κ1) is 24.3. The third kappa shape index (κ3) is 5.48. The monoisotopic (exact) mass is 510 g/mol. The van der Waals surface area contributed by atoms with Crippen molar-refractivity contribution in [2.24, 2.45) is 0 Å². The van der Waals surface area contributed by atoms with Crippen LogP contribution in [0.5, 0.6) is 5.75 Å². The van der Waals surface area contributed by atoms with Gasteiger partial charge in [0.2, 0.25) is 0 Å². The summed E-state index contributed by atoms with van der Waals surface area (Å²) in [7, 11) is 0. The highest BCUT2D eigenvalue weighted by Crippen LogP contribution is 2.34. The zero-order chi connectivity index (χ0) is 24.9. The van der Waals surface area contributed by atoms with Gasteiger partial charge in [0.25, 0.3) is 5.91 Å². The molecule has 35 heavy (non-hydrogen) atoms. The smallest absolute Gasteiger partial charge is 0.307 e. The number of nitrogens with zero attached hydrogens (tertiary/aromatic N) is 2. The zero-order valence-electron chi connectivity index (χ0n) is 18.6. The minimum Gasteiger partial charge on any atom is -0.481 e. The SMILES string of the molecule is CCN(Oc1ccc(Cl)cc1Cl)C(=O)c1c(-c2ccc(CC(=O)O)cc2)noc1-c1ccccc1. The third-order valence-electron chi connectivity index (χ3n) is 5.14. The summed E-state index contributed by atoms with van der Waals surface area (Å²) >= 11 is 12.2. The highest BCUT2D eigenvalue weighted by Gasteiger charge is 2.30. The van der Waals surface area contributed by atoms with Crippen molar-refractivity contribution in [2.45, 2.75) is 13.3 Å². The van der Waals surface area contributed by atoms with Crippen LogP contribution in [0.2, 0.25) is 10.0 Å². The van der Waals surface area contributed by atoms with E-state index < -0.39 is 11.9 Å². The zero-order valence-corrected chi connectivity index (χ0v) is 20.1. The van der Waals surface area contributed by atoms with Gasteiger partial charge in [-0.2, -0.15) is 5.06 Å². The maximum atomic E-state index is 13.8. The Kier molecular flexibility index (Phi) is 7.39. The second kappa shape index (κ2) is 10.6. The molecule has 7 nitrogen and oxygen atoms in total. The van der Waals surface area contributed by atoms with Gasteiger partial charge in [0.15, 0.2) is 11.5 Å². The minimum atomic E-state index is -0.932. The molecule has 0 aliphatic heterocycles. The topological polar surface area (TPSA) is 92.9 Å². The van der Waals surface area contributed by atoms with Gasteiger partial charge in [0.05, 0.1) is 18.0 Å². The lowest BCUT2D eigenvalue weighted by Gasteiger charge is -2.21. The molecular formula is C26H20Cl2N2O5. The summed E-state index contributed by atoms with van der Waals surface area (Å²) in [5.74, 6) is -0.866. The first-order valence-corrected chi connectivity index (χ1v) is 11.4. The number of carbonyl (C=O) groups excluding carboxylic acids is 1. The Hall–Kier alpha value is -3.81. The molecule has 0 aliphatic rings. The number of rotatable bonds is 8. The van der Waals surface area contributed by atoms with E-state index in [9.17, 15) is 9.59 Å². The number of hydrogen-bond acceptors (Lipinski definition) is 5. The second-order valence-electron chi connectivity index (χ2n) is 7.53. The van der Waals surface area contributed by atoms with Crippen LogP contribution in [0.3, 0.4) is 0 Å². The molecule has 0 bridgehead atoms. The van der Waals surface area contributed by atoms with Gasteiger partial charge >= 0.3 is 5.97 Å². The molecule has 1 amide bonds. The molecule has 0 spiro atoms. The molecule has 0 radical (unpaired) electrons. The predicted molar refractivity (Wildman–Crippen MR) is 133 cm³/mol. The van der Waals surface area contributed by atoms with Gasteiger partial charge < -0.3 is 14.5 Å². The van der Waals surface area contributed by atoms with Crippen LogP contribution in [0.15, 0.2) is 77.3 Å². The molecule has 4 aromatic rings. The predicted octanol–water partition coefficient (Wildman–Crippen LogP) is 6.40. The van der Waals surface area contributed by atoms with Crippen molar-refractivity contribution in [2.75, 3.05) is 6.54 Å². The summed E-state index contributed by atoms with van der Waals surface area (Å²) in [5.41, 5.74) is 2.39. The number of hydroxylamine groups is 2. The van der Waals surface area contributed by atoms with Crippen molar-refractivity contribution in [3.8, 4) is 28.3 Å². The molecule has 0 unspecified atom stereocenters. The van der Waals surface area contributed by atoms with E-state index in [1.807, 2.05) is 30.3 Å². The van der Waals surface area contributed by atoms with Gasteiger partial charge in [0.1, 0.15) is 11.3 Å². The molecule has 3 aromatic carbocycles. The van der Waals surface area contributed by atoms with Crippen LogP contribution in [0, 0.1) is 0 Å². The van der Waals surface area contributed by atoms with Gasteiger partial charge in [-0.05, 0) is 30.7 Å². The maximum absolute atomic E-state index is 13.8. The van der Waals surface area contributed by atoms with Crippen molar-refractivity contribution in [1.82, 2.24) is 10.2 Å². The number of carboxylic acid groups (broad SMARTS) is 1. The number of amides is 1. The quantitative estimate of drug-likeness (QED) is 0.275. The number of benzene rings is 3. The van der Waals surface area contributed by atoms with Crippen LogP contribution in [-0.2, 0) is 11.2 Å². The van der Waals surface area contributed by atoms with Gasteiger partial charge in [-0.25, -0.2) is 0 Å². The lowest BCUT2D eigenvalue weighted by Crippen LogP contribution is -2.34. The van der Waals surface area contributed by atoms with Gasteiger partial charge in [-0.3, -0.25) is 9.59 Å². The van der Waals surface area contributed by atoms with E-state index in [2.05, 4.69) is 5.16 Å². The summed E-state index contributed by atoms with van der Waals surface area (Å²) < 4.78 is 5.65. The minimum absolute atomic E-state index is 0.112. The van der Waals surface area contributed by atoms with Crippen LogP contribution in [-0.4, -0.2) is 33.7 Å². The lowest BCUT2D eigenvalue weighted by atomic mass is 10.00. The number of hydrogen-bond donors (Lipinski definition) is 1. The molecule has 0 atom stereocenters. The fourth-order valence-corrected chi connectivity index (χ4v) is 3.91. The Bertz CT molecular complexity index is 1350. The maximum Gasteiger partial charge on any atom is 0.307 e. The largest absolute Gasteiger partial charge is 0.481 e. The summed E-state index contributed by atoms with van der Waals surface area (Å²) in [6.07, 6.45) is -0.112. The van der Waals surface area contributed by atoms with E-state index in [0.717, 1.165) is 5.06 Å². The fraction of sp³-hybridized carbons (Fsp3) is 0.115. The molecule has 0 saturated heterocycles. The summed E-state index contributed by atoms with van der Waals surface area (Å²) in [6, 6.07) is 20.6. The highest BCUT2D eigenvalue weighted by atomic mass is 35.5. The van der Waals surface area contributed by atoms with E-state index in [1.165, 1.54) is 6.07 Å². The molecule has 9 heteroatoms. The second-order valence-corrected chi connectivity index (χ2v) is 8.38. The van der Waals surface area contributed by atoms with Crippen LogP contribution < -0.4 is 4.84 Å². The van der Waals surface area contributed by atoms with E-state index in [0.29, 0.717) is 27.4 Å². The molecule has 0 saturated carbocycles. The Morgan fingerprint density at radius 2 is 1.71 bits per heavy atom. The standard InChI is InChI=1S/C26H20Cl2N2O5/c1-2-30(35-21-13-12-19(27)15-20(21)28)26(33)23-24(17-10-8-16(9-11-17)14-22(31)32)29-34-25(23)18-6-4-3-5-7-18/h3-13,15H,2,14H2,1H3,(H,31,32).